The summed E-state index contributed by atoms with van der Waals surface area (Å²) in [5, 5.41) is 23.2. The first kappa shape index (κ1) is 24.4. The lowest BCUT2D eigenvalue weighted by Crippen LogP contribution is -2.43. The number of methoxy groups -OCH3 is 1. The molecule has 0 spiro atoms. The van der Waals surface area contributed by atoms with Crippen molar-refractivity contribution in [3.63, 3.8) is 0 Å². The number of ether oxygens (including phenoxy) is 1. The van der Waals surface area contributed by atoms with Gasteiger partial charge < -0.3 is 20.0 Å². The zero-order valence-electron chi connectivity index (χ0n) is 19.0. The third-order valence-corrected chi connectivity index (χ3v) is 8.81. The Balaban J connectivity index is 1.34. The van der Waals surface area contributed by atoms with E-state index in [1.54, 1.807) is 24.6 Å². The fourth-order valence-electron chi connectivity index (χ4n) is 4.81. The second kappa shape index (κ2) is 12.1. The van der Waals surface area contributed by atoms with Crippen LogP contribution in [0.2, 0.25) is 0 Å². The van der Waals surface area contributed by atoms with E-state index in [0.29, 0.717) is 5.92 Å². The molecule has 0 saturated carbocycles. The minimum absolute atomic E-state index is 0.192. The molecule has 3 N–H and O–H groups in total. The van der Waals surface area contributed by atoms with Crippen LogP contribution in [0.5, 0.6) is 5.75 Å². The van der Waals surface area contributed by atoms with Crippen LogP contribution in [0.1, 0.15) is 30.9 Å². The molecule has 4 rings (SSSR count). The number of aliphatic hydroxyl groups excluding tert-OH is 1. The van der Waals surface area contributed by atoms with E-state index < -0.39 is 0 Å². The summed E-state index contributed by atoms with van der Waals surface area (Å²) in [5.74, 6) is 2.59. The highest BCUT2D eigenvalue weighted by Crippen LogP contribution is 2.33. The van der Waals surface area contributed by atoms with Crippen molar-refractivity contribution in [1.29, 1.82) is 0 Å². The lowest BCUT2D eigenvalue weighted by Gasteiger charge is -2.38. The number of aromatic nitrogens is 1. The summed E-state index contributed by atoms with van der Waals surface area (Å²) in [7, 11) is 1.65. The van der Waals surface area contributed by atoms with E-state index in [2.05, 4.69) is 32.9 Å². The van der Waals surface area contributed by atoms with Crippen molar-refractivity contribution in [2.24, 2.45) is 11.8 Å². The second-order valence-electron chi connectivity index (χ2n) is 8.61. The molecule has 2 aromatic heterocycles. The monoisotopic (exact) mass is 487 g/mol. The molecule has 0 bridgehead atoms. The van der Waals surface area contributed by atoms with Crippen molar-refractivity contribution in [3.05, 3.63) is 53.5 Å². The van der Waals surface area contributed by atoms with Crippen LogP contribution in [0.15, 0.2) is 52.2 Å². The highest BCUT2D eigenvalue weighted by molar-refractivity contribution is 8.01. The number of hydrogen-bond acceptors (Lipinski definition) is 8. The van der Waals surface area contributed by atoms with Gasteiger partial charge in [-0.3, -0.25) is 4.98 Å². The number of thioether (sulfide) groups is 1. The Morgan fingerprint density at radius 1 is 1.30 bits per heavy atom. The molecule has 6 nitrogen and oxygen atoms in total. The first-order valence-electron chi connectivity index (χ1n) is 11.5. The zero-order valence-corrected chi connectivity index (χ0v) is 20.7. The fourth-order valence-corrected chi connectivity index (χ4v) is 6.68. The van der Waals surface area contributed by atoms with Gasteiger partial charge in [-0.25, -0.2) is 0 Å². The molecular formula is C25H33N3O3S2. The molecule has 8 heteroatoms. The molecule has 0 radical (unpaired) electrons. The highest BCUT2D eigenvalue weighted by Gasteiger charge is 2.29. The molecule has 1 aliphatic rings. The van der Waals surface area contributed by atoms with Gasteiger partial charge in [0.15, 0.2) is 0 Å². The first-order valence-corrected chi connectivity index (χ1v) is 13.4. The van der Waals surface area contributed by atoms with Gasteiger partial charge in [0.25, 0.3) is 0 Å². The first-order chi connectivity index (χ1) is 16.2. The summed E-state index contributed by atoms with van der Waals surface area (Å²) >= 11 is 3.71. The van der Waals surface area contributed by atoms with Crippen LogP contribution in [0.4, 0.5) is 0 Å². The van der Waals surface area contributed by atoms with Crippen molar-refractivity contribution in [3.8, 4) is 5.75 Å². The lowest BCUT2D eigenvalue weighted by atomic mass is 9.81. The molecule has 178 valence electrons. The number of aliphatic hydroxyl groups is 1. The number of nitrogens with zero attached hydrogens (tertiary/aromatic N) is 2. The molecular weight excluding hydrogens is 454 g/mol. The molecule has 3 atom stereocenters. The fraction of sp³-hybridized carbons (Fsp3) is 0.480. The Morgan fingerprint density at radius 3 is 2.97 bits per heavy atom. The lowest BCUT2D eigenvalue weighted by molar-refractivity contribution is 0.0626. The normalized spacial score (nSPS) is 20.2. The van der Waals surface area contributed by atoms with Crippen molar-refractivity contribution in [1.82, 2.24) is 15.4 Å². The van der Waals surface area contributed by atoms with Gasteiger partial charge in [0.2, 0.25) is 0 Å². The molecule has 1 fully saturated rings. The number of piperidine rings is 1. The Hall–Kier alpha value is -1.68. The van der Waals surface area contributed by atoms with Crippen LogP contribution in [-0.2, 0) is 0 Å². The van der Waals surface area contributed by atoms with Gasteiger partial charge in [-0.05, 0) is 78.9 Å². The van der Waals surface area contributed by atoms with Gasteiger partial charge >= 0.3 is 0 Å². The van der Waals surface area contributed by atoms with Crippen LogP contribution >= 0.6 is 23.1 Å². The van der Waals surface area contributed by atoms with Gasteiger partial charge in [0, 0.05) is 37.0 Å². The van der Waals surface area contributed by atoms with E-state index in [1.165, 1.54) is 4.21 Å². The highest BCUT2D eigenvalue weighted by atomic mass is 32.2. The van der Waals surface area contributed by atoms with Crippen LogP contribution in [0, 0.1) is 11.8 Å². The standard InChI is InChI=1S/C25H33N3O3S2/c1-31-20-5-7-23-22(15-20)21(8-10-26-23)24(27-30)6-4-18-9-11-28(16-19(18)17-29)12-14-33-25-3-2-13-32-25/h2-3,5,7-8,10,13,15,18-19,24,27,29-30H,4,6,9,11-12,14,16-17H2,1H3/t18-,19-,24?/m1/s1. The van der Waals surface area contributed by atoms with Gasteiger partial charge in [0.05, 0.1) is 22.9 Å². The maximum Gasteiger partial charge on any atom is 0.119 e. The third kappa shape index (κ3) is 6.26. The molecule has 33 heavy (non-hydrogen) atoms. The minimum Gasteiger partial charge on any atom is -0.497 e. The van der Waals surface area contributed by atoms with Crippen molar-refractivity contribution >= 4 is 34.0 Å². The predicted molar refractivity (Wildman–Crippen MR) is 135 cm³/mol. The smallest absolute Gasteiger partial charge is 0.119 e. The van der Waals surface area contributed by atoms with Crippen molar-refractivity contribution in [2.75, 3.05) is 39.1 Å². The molecule has 1 saturated heterocycles. The molecule has 3 aromatic rings. The maximum absolute atomic E-state index is 10.1. The van der Waals surface area contributed by atoms with E-state index in [1.807, 2.05) is 36.0 Å². The second-order valence-corrected chi connectivity index (χ2v) is 11.0. The largest absolute Gasteiger partial charge is 0.497 e. The average Bonchev–Trinajstić information content (AvgIpc) is 3.38. The summed E-state index contributed by atoms with van der Waals surface area (Å²) in [4.78, 5) is 6.94. The van der Waals surface area contributed by atoms with Crippen LogP contribution in [0.25, 0.3) is 10.9 Å². The van der Waals surface area contributed by atoms with Crippen LogP contribution < -0.4 is 10.2 Å². The number of rotatable bonds is 11. The number of likely N-dealkylation sites (tertiary alicyclic amines) is 1. The number of pyridine rings is 1. The van der Waals surface area contributed by atoms with Crippen molar-refractivity contribution in [2.45, 2.75) is 29.5 Å². The Morgan fingerprint density at radius 2 is 2.21 bits per heavy atom. The number of fused-ring (bicyclic) bond motifs is 1. The van der Waals surface area contributed by atoms with E-state index in [0.717, 1.165) is 66.9 Å². The van der Waals surface area contributed by atoms with Gasteiger partial charge in [-0.1, -0.05) is 6.07 Å². The third-order valence-electron chi connectivity index (χ3n) is 6.70. The number of hydroxylamine groups is 1. The van der Waals surface area contributed by atoms with Crippen LogP contribution in [-0.4, -0.2) is 59.3 Å². The number of nitrogens with one attached hydrogen (secondary N) is 1. The number of thiophene rings is 1. The van der Waals surface area contributed by atoms with Gasteiger partial charge in [0.1, 0.15) is 5.75 Å². The zero-order chi connectivity index (χ0) is 23.0. The van der Waals surface area contributed by atoms with Crippen molar-refractivity contribution < 1.29 is 15.1 Å². The molecule has 0 amide bonds. The molecule has 0 aliphatic carbocycles. The van der Waals surface area contributed by atoms with E-state index in [4.69, 9.17) is 4.74 Å². The number of benzene rings is 1. The quantitative estimate of drug-likeness (QED) is 0.264. The van der Waals surface area contributed by atoms with Crippen LogP contribution in [0.3, 0.4) is 0 Å². The maximum atomic E-state index is 10.1. The van der Waals surface area contributed by atoms with E-state index in [-0.39, 0.29) is 18.6 Å². The van der Waals surface area contributed by atoms with Gasteiger partial charge in [-0.2, -0.15) is 5.48 Å². The molecule has 1 unspecified atom stereocenters. The predicted octanol–water partition coefficient (Wildman–Crippen LogP) is 4.83. The summed E-state index contributed by atoms with van der Waals surface area (Å²) in [6.45, 7) is 3.28. The molecule has 3 heterocycles. The Bertz CT molecular complexity index is 1000. The Labute approximate surface area is 203 Å². The number of hydrogen-bond donors (Lipinski definition) is 3. The summed E-state index contributed by atoms with van der Waals surface area (Å²) in [6.07, 6.45) is 4.62. The molecule has 1 aromatic carbocycles. The van der Waals surface area contributed by atoms with E-state index in [9.17, 15) is 10.3 Å². The Kier molecular flexibility index (Phi) is 9.00. The summed E-state index contributed by atoms with van der Waals surface area (Å²) in [5.41, 5.74) is 4.43. The molecule has 1 aliphatic heterocycles. The van der Waals surface area contributed by atoms with E-state index >= 15 is 0 Å². The topological polar surface area (TPSA) is 77.9 Å². The average molecular weight is 488 g/mol. The summed E-state index contributed by atoms with van der Waals surface area (Å²) < 4.78 is 6.76. The SMILES string of the molecule is COc1ccc2nccc(C(CC[C@@H]3CCN(CCSc4cccs4)C[C@@H]3CO)NO)c2c1. The van der Waals surface area contributed by atoms with Gasteiger partial charge in [-0.15, -0.1) is 23.1 Å². The minimum atomic E-state index is -0.192. The summed E-state index contributed by atoms with van der Waals surface area (Å²) in [6, 6.07) is 11.9.